The average molecular weight is 213 g/mol. The maximum Gasteiger partial charge on any atom is 0.242 e. The van der Waals surface area contributed by atoms with Gasteiger partial charge in [-0.25, -0.2) is 0 Å². The van der Waals surface area contributed by atoms with Crippen LogP contribution in [0.1, 0.15) is 26.2 Å². The van der Waals surface area contributed by atoms with Gasteiger partial charge in [0.1, 0.15) is 6.04 Å². The molecule has 0 aliphatic heterocycles. The maximum absolute atomic E-state index is 11.4. The first kappa shape index (κ1) is 12.0. The topological polar surface area (TPSA) is 84.2 Å². The van der Waals surface area contributed by atoms with Crippen LogP contribution in [0.3, 0.4) is 0 Å². The smallest absolute Gasteiger partial charge is 0.242 e. The molecule has 1 aliphatic carbocycles. The number of amides is 2. The minimum Gasteiger partial charge on any atom is -0.357 e. The van der Waals surface area contributed by atoms with E-state index in [0.29, 0.717) is 12.3 Å². The van der Waals surface area contributed by atoms with Crippen LogP contribution in [0.4, 0.5) is 0 Å². The fraction of sp³-hybridized carbons (Fsp3) is 0.800. The Balaban J connectivity index is 2.25. The number of hydrogen-bond donors (Lipinski definition) is 3. The summed E-state index contributed by atoms with van der Waals surface area (Å²) in [6.45, 7) is 1.65. The molecule has 0 aromatic carbocycles. The molecule has 0 heterocycles. The van der Waals surface area contributed by atoms with Crippen molar-refractivity contribution in [3.63, 3.8) is 0 Å². The zero-order valence-electron chi connectivity index (χ0n) is 9.25. The van der Waals surface area contributed by atoms with Crippen molar-refractivity contribution in [2.24, 2.45) is 11.7 Å². The fourth-order valence-corrected chi connectivity index (χ4v) is 1.49. The number of nitrogens with two attached hydrogens (primary N) is 1. The molecule has 1 fully saturated rings. The molecule has 2 atom stereocenters. The van der Waals surface area contributed by atoms with Crippen LogP contribution in [0.25, 0.3) is 0 Å². The van der Waals surface area contributed by atoms with Crippen LogP contribution in [0, 0.1) is 5.92 Å². The molecule has 0 bridgehead atoms. The van der Waals surface area contributed by atoms with Gasteiger partial charge in [-0.05, 0) is 25.7 Å². The van der Waals surface area contributed by atoms with Gasteiger partial charge >= 0.3 is 0 Å². The Morgan fingerprint density at radius 1 is 1.47 bits per heavy atom. The van der Waals surface area contributed by atoms with E-state index in [4.69, 9.17) is 5.73 Å². The Labute approximate surface area is 89.8 Å². The van der Waals surface area contributed by atoms with Crippen LogP contribution in [0.15, 0.2) is 0 Å². The lowest BCUT2D eigenvalue weighted by Gasteiger charge is -2.14. The molecule has 2 unspecified atom stereocenters. The van der Waals surface area contributed by atoms with Crippen molar-refractivity contribution in [2.75, 3.05) is 7.05 Å². The van der Waals surface area contributed by atoms with E-state index < -0.39 is 6.04 Å². The molecule has 0 radical (unpaired) electrons. The highest BCUT2D eigenvalue weighted by Gasteiger charge is 2.30. The number of carbonyl (C=O) groups excluding carboxylic acids is 2. The van der Waals surface area contributed by atoms with E-state index in [1.54, 1.807) is 14.0 Å². The molecule has 5 nitrogen and oxygen atoms in total. The molecule has 1 saturated carbocycles. The normalized spacial score (nSPS) is 19.1. The summed E-state index contributed by atoms with van der Waals surface area (Å²) in [7, 11) is 1.54. The summed E-state index contributed by atoms with van der Waals surface area (Å²) >= 11 is 0. The van der Waals surface area contributed by atoms with Gasteiger partial charge in [0.05, 0.1) is 0 Å². The first-order valence-corrected chi connectivity index (χ1v) is 5.31. The summed E-state index contributed by atoms with van der Waals surface area (Å²) < 4.78 is 0. The third-order valence-electron chi connectivity index (χ3n) is 2.67. The summed E-state index contributed by atoms with van der Waals surface area (Å²) in [5.41, 5.74) is 5.80. The quantitative estimate of drug-likeness (QED) is 0.568. The maximum atomic E-state index is 11.4. The van der Waals surface area contributed by atoms with Gasteiger partial charge in [-0.3, -0.25) is 9.59 Å². The molecular weight excluding hydrogens is 194 g/mol. The van der Waals surface area contributed by atoms with Crippen molar-refractivity contribution in [2.45, 2.75) is 38.3 Å². The van der Waals surface area contributed by atoms with Crippen molar-refractivity contribution in [3.8, 4) is 0 Å². The number of rotatable bonds is 5. The predicted molar refractivity (Wildman–Crippen MR) is 57.0 cm³/mol. The van der Waals surface area contributed by atoms with Gasteiger partial charge in [0.25, 0.3) is 0 Å². The van der Waals surface area contributed by atoms with E-state index >= 15 is 0 Å². The molecule has 15 heavy (non-hydrogen) atoms. The average Bonchev–Trinajstić information content (AvgIpc) is 2.99. The standard InChI is InChI=1S/C10H19N3O2/c1-6(10(15)12-2)13-9(14)5-8(11)7-3-4-7/h6-8H,3-5,11H2,1-2H3,(H,12,15)(H,13,14). The molecule has 1 aliphatic rings. The molecule has 0 aromatic heterocycles. The summed E-state index contributed by atoms with van der Waals surface area (Å²) in [4.78, 5) is 22.6. The Kier molecular flexibility index (Phi) is 4.08. The summed E-state index contributed by atoms with van der Waals surface area (Å²) in [5.74, 6) is 0.167. The van der Waals surface area contributed by atoms with Crippen molar-refractivity contribution in [1.82, 2.24) is 10.6 Å². The first-order valence-electron chi connectivity index (χ1n) is 5.31. The van der Waals surface area contributed by atoms with Gasteiger partial charge in [0.2, 0.25) is 11.8 Å². The van der Waals surface area contributed by atoms with E-state index in [0.717, 1.165) is 12.8 Å². The third-order valence-corrected chi connectivity index (χ3v) is 2.67. The van der Waals surface area contributed by atoms with E-state index in [2.05, 4.69) is 10.6 Å². The van der Waals surface area contributed by atoms with E-state index in [1.165, 1.54) is 0 Å². The van der Waals surface area contributed by atoms with Crippen LogP contribution in [-0.4, -0.2) is 30.9 Å². The highest BCUT2D eigenvalue weighted by Crippen LogP contribution is 2.32. The van der Waals surface area contributed by atoms with Gasteiger partial charge in [-0.1, -0.05) is 0 Å². The lowest BCUT2D eigenvalue weighted by Crippen LogP contribution is -2.45. The predicted octanol–water partition coefficient (Wildman–Crippen LogP) is -0.635. The van der Waals surface area contributed by atoms with Crippen LogP contribution in [-0.2, 0) is 9.59 Å². The number of likely N-dealkylation sites (N-methyl/N-ethyl adjacent to an activating group) is 1. The molecule has 0 spiro atoms. The molecule has 2 amide bonds. The van der Waals surface area contributed by atoms with Gasteiger partial charge in [0, 0.05) is 19.5 Å². The number of carbonyl (C=O) groups is 2. The second kappa shape index (κ2) is 5.11. The van der Waals surface area contributed by atoms with Gasteiger partial charge in [-0.2, -0.15) is 0 Å². The van der Waals surface area contributed by atoms with E-state index in [-0.39, 0.29) is 17.9 Å². The van der Waals surface area contributed by atoms with E-state index in [1.807, 2.05) is 0 Å². The number of hydrogen-bond acceptors (Lipinski definition) is 3. The Bertz CT molecular complexity index is 251. The summed E-state index contributed by atoms with van der Waals surface area (Å²) in [6.07, 6.45) is 2.56. The molecule has 0 saturated heterocycles. The Hall–Kier alpha value is -1.10. The van der Waals surface area contributed by atoms with Gasteiger partial charge in [0.15, 0.2) is 0 Å². The van der Waals surface area contributed by atoms with Crippen molar-refractivity contribution in [1.29, 1.82) is 0 Å². The Morgan fingerprint density at radius 3 is 2.53 bits per heavy atom. The van der Waals surface area contributed by atoms with E-state index in [9.17, 15) is 9.59 Å². The zero-order chi connectivity index (χ0) is 11.4. The number of nitrogens with one attached hydrogen (secondary N) is 2. The lowest BCUT2D eigenvalue weighted by molar-refractivity contribution is -0.128. The van der Waals surface area contributed by atoms with Crippen molar-refractivity contribution in [3.05, 3.63) is 0 Å². The van der Waals surface area contributed by atoms with Crippen LogP contribution < -0.4 is 16.4 Å². The molecule has 1 rings (SSSR count). The van der Waals surface area contributed by atoms with Crippen LogP contribution >= 0.6 is 0 Å². The highest BCUT2D eigenvalue weighted by molar-refractivity contribution is 5.87. The lowest BCUT2D eigenvalue weighted by atomic mass is 10.1. The zero-order valence-corrected chi connectivity index (χ0v) is 9.25. The fourth-order valence-electron chi connectivity index (χ4n) is 1.49. The Morgan fingerprint density at radius 2 is 2.07 bits per heavy atom. The minimum atomic E-state index is -0.492. The van der Waals surface area contributed by atoms with Gasteiger partial charge < -0.3 is 16.4 Å². The van der Waals surface area contributed by atoms with Crippen molar-refractivity contribution < 1.29 is 9.59 Å². The SMILES string of the molecule is CNC(=O)C(C)NC(=O)CC(N)C1CC1. The summed E-state index contributed by atoms with van der Waals surface area (Å²) in [6, 6.07) is -0.546. The molecular formula is C10H19N3O2. The highest BCUT2D eigenvalue weighted by atomic mass is 16.2. The minimum absolute atomic E-state index is 0.0538. The second-order valence-electron chi connectivity index (χ2n) is 4.11. The first-order chi connectivity index (χ1) is 7.04. The third kappa shape index (κ3) is 3.87. The summed E-state index contributed by atoms with van der Waals surface area (Å²) in [5, 5.41) is 5.09. The molecule has 86 valence electrons. The van der Waals surface area contributed by atoms with Crippen LogP contribution in [0.2, 0.25) is 0 Å². The molecule has 0 aromatic rings. The monoisotopic (exact) mass is 213 g/mol. The van der Waals surface area contributed by atoms with Crippen LogP contribution in [0.5, 0.6) is 0 Å². The van der Waals surface area contributed by atoms with Crippen molar-refractivity contribution >= 4 is 11.8 Å². The molecule has 4 N–H and O–H groups in total. The second-order valence-corrected chi connectivity index (χ2v) is 4.11. The largest absolute Gasteiger partial charge is 0.357 e. The molecule has 5 heteroatoms. The van der Waals surface area contributed by atoms with Gasteiger partial charge in [-0.15, -0.1) is 0 Å².